The van der Waals surface area contributed by atoms with Crippen LogP contribution >= 0.6 is 15.9 Å². The van der Waals surface area contributed by atoms with Crippen LogP contribution in [0.4, 0.5) is 0 Å². The first kappa shape index (κ1) is 14.2. The van der Waals surface area contributed by atoms with Crippen molar-refractivity contribution in [2.24, 2.45) is 0 Å². The van der Waals surface area contributed by atoms with Gasteiger partial charge in [0.25, 0.3) is 0 Å². The quantitative estimate of drug-likeness (QED) is 0.591. The van der Waals surface area contributed by atoms with E-state index in [2.05, 4.69) is 27.8 Å². The van der Waals surface area contributed by atoms with Crippen molar-refractivity contribution in [3.05, 3.63) is 40.9 Å². The lowest BCUT2D eigenvalue weighted by molar-refractivity contribution is 0.199. The van der Waals surface area contributed by atoms with E-state index in [0.717, 1.165) is 28.9 Å². The van der Waals surface area contributed by atoms with Crippen molar-refractivity contribution in [3.63, 3.8) is 0 Å². The molecule has 0 fully saturated rings. The van der Waals surface area contributed by atoms with Crippen LogP contribution in [-0.4, -0.2) is 26.9 Å². The van der Waals surface area contributed by atoms with E-state index < -0.39 is 0 Å². The fourth-order valence-electron chi connectivity index (χ4n) is 1.39. The molecule has 17 heavy (non-hydrogen) atoms. The zero-order chi connectivity index (χ0) is 12.5. The van der Waals surface area contributed by atoms with Gasteiger partial charge in [-0.2, -0.15) is 0 Å². The number of ether oxygens (including phenoxy) is 2. The first-order valence-corrected chi connectivity index (χ1v) is 6.29. The highest BCUT2D eigenvalue weighted by atomic mass is 79.9. The van der Waals surface area contributed by atoms with Gasteiger partial charge in [0.2, 0.25) is 0 Å². The Morgan fingerprint density at radius 2 is 2.29 bits per heavy atom. The number of methoxy groups -OCH3 is 1. The molecule has 0 amide bonds. The Morgan fingerprint density at radius 1 is 1.47 bits per heavy atom. The van der Waals surface area contributed by atoms with E-state index in [1.54, 1.807) is 13.2 Å². The highest BCUT2D eigenvalue weighted by molar-refractivity contribution is 9.10. The first-order chi connectivity index (χ1) is 8.29. The molecule has 0 aromatic heterocycles. The molecule has 0 heterocycles. The minimum Gasteiger partial charge on any atom is -0.488 e. The van der Waals surface area contributed by atoms with Crippen LogP contribution in [0.2, 0.25) is 0 Å². The number of para-hydroxylation sites is 1. The predicted octanol–water partition coefficient (Wildman–Crippen LogP) is 2.75. The number of rotatable bonds is 8. The molecular formula is C13H18BrNO2. The molecule has 94 valence electrons. The Morgan fingerprint density at radius 3 is 3.00 bits per heavy atom. The van der Waals surface area contributed by atoms with Crippen LogP contribution in [0.15, 0.2) is 35.3 Å². The fraction of sp³-hybridized carbons (Fsp3) is 0.385. The third-order valence-electron chi connectivity index (χ3n) is 2.19. The van der Waals surface area contributed by atoms with E-state index in [0.29, 0.717) is 13.2 Å². The number of hydrogen-bond acceptors (Lipinski definition) is 3. The summed E-state index contributed by atoms with van der Waals surface area (Å²) in [7, 11) is 1.69. The lowest BCUT2D eigenvalue weighted by Crippen LogP contribution is -2.19. The molecule has 0 spiro atoms. The number of hydrogen-bond donors (Lipinski definition) is 1. The Hall–Kier alpha value is -0.840. The Bertz CT molecular complexity index is 355. The average molecular weight is 300 g/mol. The third kappa shape index (κ3) is 4.89. The number of halogens is 1. The van der Waals surface area contributed by atoms with Gasteiger partial charge in [-0.25, -0.2) is 0 Å². The summed E-state index contributed by atoms with van der Waals surface area (Å²) in [6.45, 7) is 6.44. The van der Waals surface area contributed by atoms with Gasteiger partial charge in [0.05, 0.1) is 11.1 Å². The molecule has 0 aliphatic carbocycles. The van der Waals surface area contributed by atoms with Crippen LogP contribution < -0.4 is 10.1 Å². The van der Waals surface area contributed by atoms with Crippen molar-refractivity contribution in [1.82, 2.24) is 5.32 Å². The molecule has 1 rings (SSSR count). The molecule has 0 aliphatic rings. The summed E-state index contributed by atoms with van der Waals surface area (Å²) in [4.78, 5) is 0. The largest absolute Gasteiger partial charge is 0.488 e. The molecule has 0 bridgehead atoms. The molecule has 3 nitrogen and oxygen atoms in total. The second-order valence-corrected chi connectivity index (χ2v) is 4.35. The van der Waals surface area contributed by atoms with E-state index >= 15 is 0 Å². The van der Waals surface area contributed by atoms with Gasteiger partial charge < -0.3 is 14.8 Å². The predicted molar refractivity (Wildman–Crippen MR) is 73.4 cm³/mol. The maximum absolute atomic E-state index is 5.64. The van der Waals surface area contributed by atoms with Crippen LogP contribution in [-0.2, 0) is 11.3 Å². The van der Waals surface area contributed by atoms with Gasteiger partial charge in [0, 0.05) is 25.8 Å². The number of nitrogens with one attached hydrogen (secondary N) is 1. The first-order valence-electron chi connectivity index (χ1n) is 5.50. The van der Waals surface area contributed by atoms with Crippen LogP contribution in [0.5, 0.6) is 5.75 Å². The summed E-state index contributed by atoms with van der Waals surface area (Å²) in [5.41, 5.74) is 1.12. The van der Waals surface area contributed by atoms with Gasteiger partial charge >= 0.3 is 0 Å². The van der Waals surface area contributed by atoms with Crippen molar-refractivity contribution in [3.8, 4) is 5.75 Å². The molecular weight excluding hydrogens is 282 g/mol. The summed E-state index contributed by atoms with van der Waals surface area (Å²) in [6, 6.07) is 6.01. The molecule has 0 aliphatic heterocycles. The van der Waals surface area contributed by atoms with Crippen molar-refractivity contribution in [2.75, 3.05) is 26.9 Å². The standard InChI is InChI=1S/C13H18BrNO2/c1-3-8-17-13-11(5-4-6-12(13)14)10-15-7-9-16-2/h3-6,15H,1,7-10H2,2H3. The minimum atomic E-state index is 0.508. The second kappa shape index (κ2) is 8.28. The zero-order valence-corrected chi connectivity index (χ0v) is 11.6. The van der Waals surface area contributed by atoms with Crippen molar-refractivity contribution in [1.29, 1.82) is 0 Å². The molecule has 4 heteroatoms. The van der Waals surface area contributed by atoms with Crippen LogP contribution in [0, 0.1) is 0 Å². The molecule has 1 N–H and O–H groups in total. The van der Waals surface area contributed by atoms with E-state index in [4.69, 9.17) is 9.47 Å². The second-order valence-electron chi connectivity index (χ2n) is 3.50. The zero-order valence-electron chi connectivity index (χ0n) is 10.0. The summed E-state index contributed by atoms with van der Waals surface area (Å²) < 4.78 is 11.6. The van der Waals surface area contributed by atoms with E-state index in [9.17, 15) is 0 Å². The van der Waals surface area contributed by atoms with Crippen molar-refractivity contribution >= 4 is 15.9 Å². The van der Waals surface area contributed by atoms with E-state index in [-0.39, 0.29) is 0 Å². The van der Waals surface area contributed by atoms with Crippen LogP contribution in [0.25, 0.3) is 0 Å². The highest BCUT2D eigenvalue weighted by Crippen LogP contribution is 2.29. The molecule has 0 saturated heterocycles. The van der Waals surface area contributed by atoms with E-state index in [1.807, 2.05) is 18.2 Å². The minimum absolute atomic E-state index is 0.508. The Balaban J connectivity index is 2.62. The smallest absolute Gasteiger partial charge is 0.138 e. The summed E-state index contributed by atoms with van der Waals surface area (Å²) in [5.74, 6) is 0.873. The lowest BCUT2D eigenvalue weighted by atomic mass is 10.2. The maximum Gasteiger partial charge on any atom is 0.138 e. The molecule has 1 aromatic carbocycles. The fourth-order valence-corrected chi connectivity index (χ4v) is 1.92. The highest BCUT2D eigenvalue weighted by Gasteiger charge is 2.06. The SMILES string of the molecule is C=CCOc1c(Br)cccc1CNCCOC. The topological polar surface area (TPSA) is 30.5 Å². The normalized spacial score (nSPS) is 10.2. The maximum atomic E-state index is 5.64. The van der Waals surface area contributed by atoms with Crippen LogP contribution in [0.1, 0.15) is 5.56 Å². The van der Waals surface area contributed by atoms with Crippen molar-refractivity contribution in [2.45, 2.75) is 6.54 Å². The van der Waals surface area contributed by atoms with Crippen molar-refractivity contribution < 1.29 is 9.47 Å². The Kier molecular flexibility index (Phi) is 6.93. The summed E-state index contributed by atoms with van der Waals surface area (Å²) in [5, 5.41) is 3.29. The monoisotopic (exact) mass is 299 g/mol. The molecule has 0 saturated carbocycles. The van der Waals surface area contributed by atoms with Gasteiger partial charge in [-0.1, -0.05) is 24.8 Å². The summed E-state index contributed by atoms with van der Waals surface area (Å²) >= 11 is 3.49. The molecule has 0 radical (unpaired) electrons. The van der Waals surface area contributed by atoms with E-state index in [1.165, 1.54) is 0 Å². The lowest BCUT2D eigenvalue weighted by Gasteiger charge is -2.12. The summed E-state index contributed by atoms with van der Waals surface area (Å²) in [6.07, 6.45) is 1.74. The number of benzene rings is 1. The van der Waals surface area contributed by atoms with Crippen LogP contribution in [0.3, 0.4) is 0 Å². The Labute approximate surface area is 111 Å². The molecule has 0 unspecified atom stereocenters. The molecule has 0 atom stereocenters. The molecule has 1 aromatic rings. The van der Waals surface area contributed by atoms with Gasteiger partial charge in [0.15, 0.2) is 0 Å². The van der Waals surface area contributed by atoms with Gasteiger partial charge in [-0.15, -0.1) is 0 Å². The van der Waals surface area contributed by atoms with Gasteiger partial charge in [-0.05, 0) is 22.0 Å². The van der Waals surface area contributed by atoms with Gasteiger partial charge in [-0.3, -0.25) is 0 Å². The third-order valence-corrected chi connectivity index (χ3v) is 2.82. The van der Waals surface area contributed by atoms with Gasteiger partial charge in [0.1, 0.15) is 12.4 Å². The average Bonchev–Trinajstić information content (AvgIpc) is 2.34.